The Labute approximate surface area is 153 Å². The number of aromatic nitrogens is 4. The maximum absolute atomic E-state index is 11.3. The van der Waals surface area contributed by atoms with E-state index in [4.69, 9.17) is 5.10 Å². The fourth-order valence-electron chi connectivity index (χ4n) is 3.69. The summed E-state index contributed by atoms with van der Waals surface area (Å²) in [7, 11) is 2.15. The molecule has 1 amide bonds. The number of nitrogens with one attached hydrogen (secondary N) is 1. The van der Waals surface area contributed by atoms with Gasteiger partial charge in [-0.1, -0.05) is 20.8 Å². The zero-order chi connectivity index (χ0) is 18.5. The van der Waals surface area contributed by atoms with Gasteiger partial charge >= 0.3 is 0 Å². The summed E-state index contributed by atoms with van der Waals surface area (Å²) in [6, 6.07) is 4.51. The topological polar surface area (TPSA) is 78.7 Å². The smallest absolute Gasteiger partial charge is 0.220 e. The third-order valence-corrected chi connectivity index (χ3v) is 5.34. The Hall–Kier alpha value is -2.22. The summed E-state index contributed by atoms with van der Waals surface area (Å²) in [5.41, 5.74) is 0.682. The molecule has 0 radical (unpaired) electrons. The van der Waals surface area contributed by atoms with Gasteiger partial charge in [0.05, 0.1) is 0 Å². The van der Waals surface area contributed by atoms with Crippen LogP contribution in [0, 0.1) is 5.92 Å². The van der Waals surface area contributed by atoms with Crippen molar-refractivity contribution >= 4 is 17.4 Å². The van der Waals surface area contributed by atoms with E-state index < -0.39 is 0 Å². The standard InChI is InChI=1S/C18H27N7O/c1-18(2,3)17-21-20-14-5-6-15(22-25(14)17)24-10-13(11-24)23(4)9-12-7-16(26)19-8-12/h5-6,12-13H,7-11H2,1-4H3,(H,19,26). The molecule has 2 aromatic rings. The summed E-state index contributed by atoms with van der Waals surface area (Å²) in [6.07, 6.45) is 0.655. The van der Waals surface area contributed by atoms with Gasteiger partial charge < -0.3 is 10.2 Å². The predicted octanol–water partition coefficient (Wildman–Crippen LogP) is 0.678. The summed E-state index contributed by atoms with van der Waals surface area (Å²) in [5.74, 6) is 2.45. The third-order valence-electron chi connectivity index (χ3n) is 5.34. The molecule has 8 nitrogen and oxygen atoms in total. The molecule has 2 saturated heterocycles. The van der Waals surface area contributed by atoms with Crippen LogP contribution in [-0.4, -0.2) is 69.9 Å². The molecule has 0 bridgehead atoms. The number of amides is 1. The number of nitrogens with zero attached hydrogens (tertiary/aromatic N) is 6. The normalized spacial score (nSPS) is 21.5. The van der Waals surface area contributed by atoms with E-state index >= 15 is 0 Å². The molecule has 26 heavy (non-hydrogen) atoms. The van der Waals surface area contributed by atoms with E-state index in [1.165, 1.54) is 0 Å². The number of fused-ring (bicyclic) bond motifs is 1. The van der Waals surface area contributed by atoms with Gasteiger partial charge in [-0.05, 0) is 25.1 Å². The molecule has 2 aliphatic rings. The highest BCUT2D eigenvalue weighted by atomic mass is 16.1. The van der Waals surface area contributed by atoms with Crippen LogP contribution >= 0.6 is 0 Å². The highest BCUT2D eigenvalue weighted by Crippen LogP contribution is 2.25. The molecule has 2 aliphatic heterocycles. The molecule has 2 aromatic heterocycles. The van der Waals surface area contributed by atoms with Gasteiger partial charge in [0.15, 0.2) is 11.5 Å². The second-order valence-corrected chi connectivity index (χ2v) is 8.61. The van der Waals surface area contributed by atoms with Gasteiger partial charge in [0.1, 0.15) is 5.82 Å². The van der Waals surface area contributed by atoms with Gasteiger partial charge in [-0.15, -0.1) is 15.3 Å². The maximum atomic E-state index is 11.3. The molecule has 0 aromatic carbocycles. The van der Waals surface area contributed by atoms with Gasteiger partial charge in [0.25, 0.3) is 0 Å². The summed E-state index contributed by atoms with van der Waals surface area (Å²) in [6.45, 7) is 10.0. The van der Waals surface area contributed by atoms with Crippen molar-refractivity contribution in [2.24, 2.45) is 5.92 Å². The van der Waals surface area contributed by atoms with Crippen molar-refractivity contribution in [1.29, 1.82) is 0 Å². The van der Waals surface area contributed by atoms with Crippen molar-refractivity contribution in [2.75, 3.05) is 38.1 Å². The molecule has 0 aliphatic carbocycles. The van der Waals surface area contributed by atoms with Crippen molar-refractivity contribution < 1.29 is 4.79 Å². The molecule has 2 fully saturated rings. The molecule has 0 spiro atoms. The summed E-state index contributed by atoms with van der Waals surface area (Å²) >= 11 is 0. The maximum Gasteiger partial charge on any atom is 0.220 e. The Kier molecular flexibility index (Phi) is 4.10. The van der Waals surface area contributed by atoms with Crippen molar-refractivity contribution in [2.45, 2.75) is 38.6 Å². The predicted molar refractivity (Wildman–Crippen MR) is 99.2 cm³/mol. The minimum atomic E-state index is -0.102. The van der Waals surface area contributed by atoms with E-state index in [1.807, 2.05) is 16.6 Å². The Balaban J connectivity index is 1.41. The van der Waals surface area contributed by atoms with E-state index in [9.17, 15) is 4.79 Å². The summed E-state index contributed by atoms with van der Waals surface area (Å²) in [4.78, 5) is 16.0. The third kappa shape index (κ3) is 3.13. The molecule has 1 unspecified atom stereocenters. The highest BCUT2D eigenvalue weighted by Gasteiger charge is 2.33. The number of anilines is 1. The lowest BCUT2D eigenvalue weighted by Gasteiger charge is -2.45. The van der Waals surface area contributed by atoms with Crippen LogP contribution in [-0.2, 0) is 10.2 Å². The Morgan fingerprint density at radius 1 is 1.27 bits per heavy atom. The summed E-state index contributed by atoms with van der Waals surface area (Å²) < 4.78 is 1.86. The van der Waals surface area contributed by atoms with Crippen LogP contribution in [0.2, 0.25) is 0 Å². The molecular formula is C18H27N7O. The number of likely N-dealkylation sites (N-methyl/N-ethyl adjacent to an activating group) is 1. The second kappa shape index (κ2) is 6.19. The largest absolute Gasteiger partial charge is 0.356 e. The lowest BCUT2D eigenvalue weighted by molar-refractivity contribution is -0.119. The van der Waals surface area contributed by atoms with Crippen molar-refractivity contribution in [3.8, 4) is 0 Å². The van der Waals surface area contributed by atoms with Crippen LogP contribution in [0.5, 0.6) is 0 Å². The number of carbonyl (C=O) groups excluding carboxylic acids is 1. The fraction of sp³-hybridized carbons (Fsp3) is 0.667. The first-order valence-electron chi connectivity index (χ1n) is 9.26. The van der Waals surface area contributed by atoms with E-state index in [-0.39, 0.29) is 11.3 Å². The number of rotatable bonds is 4. The monoisotopic (exact) mass is 357 g/mol. The Bertz CT molecular complexity index is 819. The zero-order valence-electron chi connectivity index (χ0n) is 15.9. The molecule has 1 N–H and O–H groups in total. The van der Waals surface area contributed by atoms with Crippen LogP contribution < -0.4 is 10.2 Å². The van der Waals surface area contributed by atoms with Crippen LogP contribution in [0.4, 0.5) is 5.82 Å². The van der Waals surface area contributed by atoms with Gasteiger partial charge in [-0.25, -0.2) is 0 Å². The van der Waals surface area contributed by atoms with Gasteiger partial charge in [0.2, 0.25) is 5.91 Å². The Morgan fingerprint density at radius 3 is 2.69 bits per heavy atom. The minimum absolute atomic E-state index is 0.102. The van der Waals surface area contributed by atoms with Crippen molar-refractivity contribution in [3.05, 3.63) is 18.0 Å². The molecule has 8 heteroatoms. The lowest BCUT2D eigenvalue weighted by Crippen LogP contribution is -2.59. The molecule has 4 heterocycles. The molecule has 4 rings (SSSR count). The van der Waals surface area contributed by atoms with E-state index in [0.717, 1.165) is 43.5 Å². The quantitative estimate of drug-likeness (QED) is 0.867. The Morgan fingerprint density at radius 2 is 2.04 bits per heavy atom. The molecule has 1 atom stereocenters. The van der Waals surface area contributed by atoms with Gasteiger partial charge in [0, 0.05) is 44.1 Å². The van der Waals surface area contributed by atoms with Crippen molar-refractivity contribution in [1.82, 2.24) is 30.0 Å². The number of carbonyl (C=O) groups is 1. The average Bonchev–Trinajstić information content (AvgIpc) is 3.11. The van der Waals surface area contributed by atoms with E-state index in [1.54, 1.807) is 0 Å². The molecule has 0 saturated carbocycles. The second-order valence-electron chi connectivity index (χ2n) is 8.61. The molecule has 140 valence electrons. The van der Waals surface area contributed by atoms with Crippen LogP contribution in [0.25, 0.3) is 5.65 Å². The van der Waals surface area contributed by atoms with Crippen LogP contribution in [0.15, 0.2) is 12.1 Å². The first-order chi connectivity index (χ1) is 12.3. The molecular weight excluding hydrogens is 330 g/mol. The first-order valence-corrected chi connectivity index (χ1v) is 9.26. The fourth-order valence-corrected chi connectivity index (χ4v) is 3.69. The van der Waals surface area contributed by atoms with Crippen LogP contribution in [0.1, 0.15) is 33.0 Å². The SMILES string of the molecule is CN(CC1CNC(=O)C1)C1CN(c2ccc3nnc(C(C)(C)C)n3n2)C1. The zero-order valence-corrected chi connectivity index (χ0v) is 15.9. The highest BCUT2D eigenvalue weighted by molar-refractivity contribution is 5.78. The first kappa shape index (κ1) is 17.2. The van der Waals surface area contributed by atoms with Crippen molar-refractivity contribution in [3.63, 3.8) is 0 Å². The average molecular weight is 357 g/mol. The van der Waals surface area contributed by atoms with E-state index in [0.29, 0.717) is 18.4 Å². The number of hydrogen-bond donors (Lipinski definition) is 1. The number of hydrogen-bond acceptors (Lipinski definition) is 6. The van der Waals surface area contributed by atoms with Gasteiger partial charge in [-0.2, -0.15) is 4.52 Å². The van der Waals surface area contributed by atoms with Crippen LogP contribution in [0.3, 0.4) is 0 Å². The summed E-state index contributed by atoms with van der Waals surface area (Å²) in [5, 5.41) is 16.2. The van der Waals surface area contributed by atoms with Gasteiger partial charge in [-0.3, -0.25) is 9.69 Å². The van der Waals surface area contributed by atoms with E-state index in [2.05, 4.69) is 53.1 Å². The lowest BCUT2D eigenvalue weighted by atomic mass is 9.96. The minimum Gasteiger partial charge on any atom is -0.356 e.